The fourth-order valence-electron chi connectivity index (χ4n) is 1.36. The number of aromatic nitrogens is 1. The summed E-state index contributed by atoms with van der Waals surface area (Å²) in [5.41, 5.74) is -0.0821. The van der Waals surface area contributed by atoms with Crippen molar-refractivity contribution in [2.75, 3.05) is 20.7 Å². The van der Waals surface area contributed by atoms with Gasteiger partial charge in [-0.05, 0) is 6.07 Å². The Morgan fingerprint density at radius 2 is 2.26 bits per heavy atom. The number of pyridine rings is 1. The molecule has 0 bridgehead atoms. The largest absolute Gasteiger partial charge is 0.465 e. The first kappa shape index (κ1) is 15.1. The van der Waals surface area contributed by atoms with Crippen molar-refractivity contribution in [2.24, 2.45) is 0 Å². The first-order chi connectivity index (χ1) is 8.95. The predicted molar refractivity (Wildman–Crippen MR) is 65.6 cm³/mol. The maximum atomic E-state index is 12.2. The molecule has 19 heavy (non-hydrogen) atoms. The summed E-state index contributed by atoms with van der Waals surface area (Å²) in [7, 11) is -1.38. The lowest BCUT2D eigenvalue weighted by Gasteiger charge is -2.16. The summed E-state index contributed by atoms with van der Waals surface area (Å²) < 4.78 is 30.0. The van der Waals surface area contributed by atoms with Gasteiger partial charge in [0.1, 0.15) is 4.90 Å². The van der Waals surface area contributed by atoms with E-state index in [1.54, 1.807) is 0 Å². The minimum Gasteiger partial charge on any atom is -0.465 e. The summed E-state index contributed by atoms with van der Waals surface area (Å²) >= 11 is 0. The van der Waals surface area contributed by atoms with Crippen molar-refractivity contribution in [3.8, 4) is 6.07 Å². The molecule has 0 fully saturated rings. The number of sulfonamides is 1. The zero-order valence-corrected chi connectivity index (χ0v) is 11.3. The zero-order valence-electron chi connectivity index (χ0n) is 10.5. The van der Waals surface area contributed by atoms with E-state index in [0.717, 1.165) is 10.5 Å². The minimum absolute atomic E-state index is 0.0361. The quantitative estimate of drug-likeness (QED) is 0.725. The number of carbonyl (C=O) groups is 1. The minimum atomic E-state index is -3.88. The van der Waals surface area contributed by atoms with Crippen LogP contribution < -0.4 is 0 Å². The van der Waals surface area contributed by atoms with E-state index in [9.17, 15) is 13.2 Å². The molecule has 102 valence electrons. The fraction of sp³-hybridized carbons (Fsp3) is 0.364. The van der Waals surface area contributed by atoms with Crippen molar-refractivity contribution in [2.45, 2.75) is 11.3 Å². The van der Waals surface area contributed by atoms with E-state index >= 15 is 0 Å². The highest BCUT2D eigenvalue weighted by Gasteiger charge is 2.26. The van der Waals surface area contributed by atoms with Crippen LogP contribution >= 0.6 is 0 Å². The first-order valence-corrected chi connectivity index (χ1v) is 6.74. The number of hydrogen-bond acceptors (Lipinski definition) is 6. The average molecular weight is 283 g/mol. The maximum Gasteiger partial charge on any atom is 0.339 e. The van der Waals surface area contributed by atoms with Crippen molar-refractivity contribution in [1.29, 1.82) is 5.26 Å². The maximum absolute atomic E-state index is 12.2. The van der Waals surface area contributed by atoms with E-state index in [1.807, 2.05) is 6.07 Å². The molecule has 1 rings (SSSR count). The standard InChI is InChI=1S/C11H13N3O4S/c1-14(7-3-5-12)19(16,17)10-8-13-6-4-9(10)11(15)18-2/h4,6,8H,3,7H2,1-2H3. The number of ether oxygens (including phenoxy) is 1. The second kappa shape index (κ2) is 6.26. The van der Waals surface area contributed by atoms with Gasteiger partial charge >= 0.3 is 5.97 Å². The van der Waals surface area contributed by atoms with Crippen LogP contribution in [0.1, 0.15) is 16.8 Å². The van der Waals surface area contributed by atoms with Gasteiger partial charge in [-0.3, -0.25) is 4.98 Å². The third kappa shape index (κ3) is 3.27. The van der Waals surface area contributed by atoms with E-state index in [4.69, 9.17) is 5.26 Å². The van der Waals surface area contributed by atoms with Gasteiger partial charge in [0.15, 0.2) is 0 Å². The van der Waals surface area contributed by atoms with Crippen molar-refractivity contribution < 1.29 is 17.9 Å². The average Bonchev–Trinajstić information content (AvgIpc) is 2.43. The molecule has 0 N–H and O–H groups in total. The Balaban J connectivity index is 3.22. The third-order valence-corrected chi connectivity index (χ3v) is 4.30. The van der Waals surface area contributed by atoms with Crippen LogP contribution in [-0.4, -0.2) is 44.4 Å². The first-order valence-electron chi connectivity index (χ1n) is 5.30. The number of esters is 1. The monoisotopic (exact) mass is 283 g/mol. The summed E-state index contributed by atoms with van der Waals surface area (Å²) in [5.74, 6) is -0.755. The lowest BCUT2D eigenvalue weighted by Crippen LogP contribution is -2.29. The molecule has 0 aliphatic rings. The molecule has 0 aromatic carbocycles. The molecule has 8 heteroatoms. The normalized spacial score (nSPS) is 11.1. The molecule has 0 saturated carbocycles. The number of nitrogens with zero attached hydrogens (tertiary/aromatic N) is 3. The Labute approximate surface area is 111 Å². The van der Waals surface area contributed by atoms with Crippen LogP contribution in [0.2, 0.25) is 0 Å². The molecule has 1 aromatic rings. The number of nitriles is 1. The summed E-state index contributed by atoms with van der Waals surface area (Å²) in [5, 5.41) is 8.47. The molecule has 1 heterocycles. The molecule has 0 spiro atoms. The molecule has 7 nitrogen and oxygen atoms in total. The molecular weight excluding hydrogens is 270 g/mol. The van der Waals surface area contributed by atoms with E-state index < -0.39 is 16.0 Å². The summed E-state index contributed by atoms with van der Waals surface area (Å²) in [6, 6.07) is 3.13. The van der Waals surface area contributed by atoms with Crippen molar-refractivity contribution in [3.05, 3.63) is 24.0 Å². The summed E-state index contributed by atoms with van der Waals surface area (Å²) in [4.78, 5) is 15.0. The summed E-state index contributed by atoms with van der Waals surface area (Å²) in [6.45, 7) is 0.0361. The Bertz CT molecular complexity index is 607. The van der Waals surface area contributed by atoms with Crippen molar-refractivity contribution in [1.82, 2.24) is 9.29 Å². The fourth-order valence-corrected chi connectivity index (χ4v) is 2.65. The van der Waals surface area contributed by atoms with Gasteiger partial charge in [-0.25, -0.2) is 13.2 Å². The van der Waals surface area contributed by atoms with E-state index in [2.05, 4.69) is 9.72 Å². The zero-order chi connectivity index (χ0) is 14.5. The molecule has 0 aliphatic carbocycles. The molecule has 0 amide bonds. The highest BCUT2D eigenvalue weighted by molar-refractivity contribution is 7.89. The van der Waals surface area contributed by atoms with E-state index in [1.165, 1.54) is 26.4 Å². The van der Waals surface area contributed by atoms with E-state index in [0.29, 0.717) is 0 Å². The Morgan fingerprint density at radius 3 is 2.84 bits per heavy atom. The number of hydrogen-bond donors (Lipinski definition) is 0. The topological polar surface area (TPSA) is 100 Å². The number of rotatable bonds is 5. The van der Waals surface area contributed by atoms with Crippen LogP contribution in [0.15, 0.2) is 23.4 Å². The lowest BCUT2D eigenvalue weighted by molar-refractivity contribution is 0.0596. The van der Waals surface area contributed by atoms with Crippen LogP contribution in [0.4, 0.5) is 0 Å². The molecule has 0 aliphatic heterocycles. The van der Waals surface area contributed by atoms with Gasteiger partial charge in [0.25, 0.3) is 0 Å². The number of methoxy groups -OCH3 is 1. The van der Waals surface area contributed by atoms with Gasteiger partial charge in [0.05, 0.1) is 18.7 Å². The van der Waals surface area contributed by atoms with Crippen LogP contribution in [0.5, 0.6) is 0 Å². The van der Waals surface area contributed by atoms with Gasteiger partial charge in [-0.2, -0.15) is 9.57 Å². The number of carbonyl (C=O) groups excluding carboxylic acids is 1. The molecule has 0 saturated heterocycles. The molecule has 0 atom stereocenters. The van der Waals surface area contributed by atoms with Crippen LogP contribution in [-0.2, 0) is 14.8 Å². The highest BCUT2D eigenvalue weighted by atomic mass is 32.2. The van der Waals surface area contributed by atoms with Crippen molar-refractivity contribution in [3.63, 3.8) is 0 Å². The Kier molecular flexibility index (Phi) is 4.97. The lowest BCUT2D eigenvalue weighted by atomic mass is 10.3. The van der Waals surface area contributed by atoms with Gasteiger partial charge in [-0.1, -0.05) is 0 Å². The Morgan fingerprint density at radius 1 is 1.58 bits per heavy atom. The summed E-state index contributed by atoms with van der Waals surface area (Å²) in [6.07, 6.45) is 2.45. The van der Waals surface area contributed by atoms with Gasteiger partial charge in [-0.15, -0.1) is 0 Å². The predicted octanol–water partition coefficient (Wildman–Crippen LogP) is 0.402. The molecule has 1 aromatic heterocycles. The SMILES string of the molecule is COC(=O)c1ccncc1S(=O)(=O)N(C)CCC#N. The van der Waals surface area contributed by atoms with E-state index in [-0.39, 0.29) is 23.4 Å². The second-order valence-electron chi connectivity index (χ2n) is 3.60. The van der Waals surface area contributed by atoms with Gasteiger partial charge in [0, 0.05) is 32.4 Å². The van der Waals surface area contributed by atoms with Crippen LogP contribution in [0.3, 0.4) is 0 Å². The van der Waals surface area contributed by atoms with Gasteiger partial charge < -0.3 is 4.74 Å². The van der Waals surface area contributed by atoms with Crippen LogP contribution in [0.25, 0.3) is 0 Å². The van der Waals surface area contributed by atoms with Crippen LogP contribution in [0, 0.1) is 11.3 Å². The molecule has 0 unspecified atom stereocenters. The van der Waals surface area contributed by atoms with Gasteiger partial charge in [0.2, 0.25) is 10.0 Å². The second-order valence-corrected chi connectivity index (χ2v) is 5.61. The van der Waals surface area contributed by atoms with Crippen molar-refractivity contribution >= 4 is 16.0 Å². The third-order valence-electron chi connectivity index (χ3n) is 2.42. The molecular formula is C11H13N3O4S. The smallest absolute Gasteiger partial charge is 0.339 e. The highest BCUT2D eigenvalue weighted by Crippen LogP contribution is 2.19. The Hall–Kier alpha value is -1.98. The molecule has 0 radical (unpaired) electrons.